The Labute approximate surface area is 172 Å². The molecule has 0 bridgehead atoms. The number of halogens is 19. The van der Waals surface area contributed by atoms with Gasteiger partial charge in [-0.25, -0.2) is 18.3 Å². The molecule has 0 fully saturated rings. The van der Waals surface area contributed by atoms with E-state index < -0.39 is 67.7 Å². The van der Waals surface area contributed by atoms with Crippen LogP contribution in [-0.4, -0.2) is 72.8 Å². The highest BCUT2D eigenvalue weighted by Crippen LogP contribution is 2.56. The third kappa shape index (κ3) is 6.19. The minimum Gasteiger partial charge on any atom is -0.390 e. The predicted octanol–water partition coefficient (Wildman–Crippen LogP) is 5.46. The summed E-state index contributed by atoms with van der Waals surface area (Å²) in [5, 5.41) is 7.98. The number of hydrogen-bond acceptors (Lipinski definition) is 4. The summed E-state index contributed by atoms with van der Waals surface area (Å²) < 4.78 is 246. The van der Waals surface area contributed by atoms with Gasteiger partial charge in [-0.1, -0.05) is 0 Å². The predicted molar refractivity (Wildman–Crippen MR) is 60.8 cm³/mol. The van der Waals surface area contributed by atoms with Crippen LogP contribution in [0.5, 0.6) is 0 Å². The van der Waals surface area contributed by atoms with Crippen LogP contribution in [-0.2, 0) is 14.2 Å². The number of aliphatic hydroxyl groups is 1. The van der Waals surface area contributed by atoms with Crippen molar-refractivity contribution in [3.63, 3.8) is 0 Å². The van der Waals surface area contributed by atoms with Crippen molar-refractivity contribution in [2.45, 2.75) is 54.5 Å². The van der Waals surface area contributed by atoms with Gasteiger partial charge in [0.25, 0.3) is 5.92 Å². The van der Waals surface area contributed by atoms with Gasteiger partial charge < -0.3 is 9.84 Å². The van der Waals surface area contributed by atoms with E-state index in [1.807, 2.05) is 0 Å². The zero-order chi connectivity index (χ0) is 28.0. The van der Waals surface area contributed by atoms with Gasteiger partial charge in [0.1, 0.15) is 13.2 Å². The molecule has 0 aliphatic rings. The number of rotatable bonds is 12. The van der Waals surface area contributed by atoms with E-state index in [-0.39, 0.29) is 0 Å². The molecule has 0 rings (SSSR count). The zero-order valence-corrected chi connectivity index (χ0v) is 14.8. The summed E-state index contributed by atoms with van der Waals surface area (Å²) in [4.78, 5) is 0. The van der Waals surface area contributed by atoms with Crippen molar-refractivity contribution in [2.75, 3.05) is 13.2 Å². The van der Waals surface area contributed by atoms with Crippen molar-refractivity contribution in [2.24, 2.45) is 0 Å². The number of hydrogen-bond donors (Lipinski definition) is 1. The first kappa shape index (κ1) is 32.5. The summed E-state index contributed by atoms with van der Waals surface area (Å²) in [5.74, 6) is -20.9. The van der Waals surface area contributed by atoms with Crippen molar-refractivity contribution in [1.82, 2.24) is 0 Å². The summed E-state index contributed by atoms with van der Waals surface area (Å²) >= 11 is 0. The fourth-order valence-corrected chi connectivity index (χ4v) is 1.25. The highest BCUT2D eigenvalue weighted by Gasteiger charge is 2.85. The van der Waals surface area contributed by atoms with Crippen molar-refractivity contribution in [1.29, 1.82) is 0 Å². The van der Waals surface area contributed by atoms with E-state index in [0.29, 0.717) is 0 Å². The Morgan fingerprint density at radius 1 is 0.441 bits per heavy atom. The molecule has 0 aliphatic carbocycles. The van der Waals surface area contributed by atoms with Crippen molar-refractivity contribution in [3.05, 3.63) is 0 Å². The van der Waals surface area contributed by atoms with Crippen LogP contribution in [0.3, 0.4) is 0 Å². The third-order valence-corrected chi connectivity index (χ3v) is 3.00. The maximum Gasteiger partial charge on any atom is 0.460 e. The standard InChI is InChI=1S/C11H5F19O4/c12-3(13,1-31)2-32-8(23,24)9(25,26)34-11(29,30)10(27,28)33-7(21,22)5(16,17)4(14,15)6(18,19)20/h31H,1-2H2. The fourth-order valence-electron chi connectivity index (χ4n) is 1.25. The summed E-state index contributed by atoms with van der Waals surface area (Å²) in [6.07, 6.45) is -45.2. The average molecular weight is 562 g/mol. The van der Waals surface area contributed by atoms with E-state index in [9.17, 15) is 83.4 Å². The maximum atomic E-state index is 13.1. The minimum atomic E-state index is -8.15. The van der Waals surface area contributed by atoms with Crippen molar-refractivity contribution >= 4 is 0 Å². The molecule has 1 N–H and O–H groups in total. The largest absolute Gasteiger partial charge is 0.460 e. The lowest BCUT2D eigenvalue weighted by Gasteiger charge is -2.37. The molecule has 34 heavy (non-hydrogen) atoms. The van der Waals surface area contributed by atoms with Crippen LogP contribution in [0.2, 0.25) is 0 Å². The molecule has 0 aromatic rings. The molecule has 4 nitrogen and oxygen atoms in total. The van der Waals surface area contributed by atoms with E-state index in [1.54, 1.807) is 0 Å². The number of ether oxygens (including phenoxy) is 3. The van der Waals surface area contributed by atoms with Crippen molar-refractivity contribution in [3.8, 4) is 0 Å². The number of aliphatic hydroxyl groups excluding tert-OH is 1. The van der Waals surface area contributed by atoms with E-state index in [1.165, 1.54) is 9.47 Å². The Morgan fingerprint density at radius 2 is 0.765 bits per heavy atom. The molecular formula is C11H5F19O4. The second-order valence-corrected chi connectivity index (χ2v) is 5.74. The quantitative estimate of drug-likeness (QED) is 0.321. The molecule has 0 unspecified atom stereocenters. The SMILES string of the molecule is OCC(F)(F)COC(F)(F)C(F)(F)OC(F)(F)C(F)(F)OC(F)(F)C(F)(F)C(F)(F)C(F)(F)F. The van der Waals surface area contributed by atoms with Gasteiger partial charge in [0.15, 0.2) is 0 Å². The van der Waals surface area contributed by atoms with Gasteiger partial charge in [-0.15, -0.1) is 0 Å². The Hall–Kier alpha value is -1.49. The minimum absolute atomic E-state index is 1.18. The van der Waals surface area contributed by atoms with Crippen LogP contribution in [0, 0.1) is 0 Å². The lowest BCUT2D eigenvalue weighted by Crippen LogP contribution is -2.65. The molecule has 0 amide bonds. The smallest absolute Gasteiger partial charge is 0.390 e. The molecule has 0 aromatic heterocycles. The first-order valence-corrected chi connectivity index (χ1v) is 7.17. The Bertz CT molecular complexity index is 699. The van der Waals surface area contributed by atoms with E-state index in [2.05, 4.69) is 4.74 Å². The van der Waals surface area contributed by atoms with Crippen LogP contribution in [0.4, 0.5) is 83.4 Å². The van der Waals surface area contributed by atoms with E-state index in [0.717, 1.165) is 0 Å². The molecule has 206 valence electrons. The number of alkyl halides is 19. The Balaban J connectivity index is 5.95. The molecule has 0 saturated carbocycles. The molecule has 0 radical (unpaired) electrons. The fraction of sp³-hybridized carbons (Fsp3) is 1.00. The van der Waals surface area contributed by atoms with Crippen molar-refractivity contribution < 1.29 is 103 Å². The third-order valence-electron chi connectivity index (χ3n) is 3.00. The van der Waals surface area contributed by atoms with Gasteiger partial charge in [0.05, 0.1) is 0 Å². The molecule has 0 aromatic carbocycles. The van der Waals surface area contributed by atoms with Gasteiger partial charge in [-0.05, 0) is 0 Å². The summed E-state index contributed by atoms with van der Waals surface area (Å²) in [5.41, 5.74) is 0. The zero-order valence-electron chi connectivity index (χ0n) is 14.8. The second kappa shape index (κ2) is 8.87. The first-order valence-electron chi connectivity index (χ1n) is 7.17. The average Bonchev–Trinajstić information content (AvgIpc) is 2.56. The molecule has 23 heteroatoms. The van der Waals surface area contributed by atoms with Gasteiger partial charge in [-0.2, -0.15) is 74.6 Å². The lowest BCUT2D eigenvalue weighted by molar-refractivity contribution is -0.561. The van der Waals surface area contributed by atoms with Crippen LogP contribution in [0.15, 0.2) is 0 Å². The van der Waals surface area contributed by atoms with Crippen LogP contribution >= 0.6 is 0 Å². The summed E-state index contributed by atoms with van der Waals surface area (Å²) in [6.45, 7) is -5.35. The highest BCUT2D eigenvalue weighted by molar-refractivity contribution is 4.97. The monoisotopic (exact) mass is 562 g/mol. The summed E-state index contributed by atoms with van der Waals surface area (Å²) in [6, 6.07) is 0. The molecule has 0 aliphatic heterocycles. The van der Waals surface area contributed by atoms with Gasteiger partial charge in [0, 0.05) is 0 Å². The highest BCUT2D eigenvalue weighted by atomic mass is 19.4. The molecule has 0 saturated heterocycles. The Morgan fingerprint density at radius 3 is 1.09 bits per heavy atom. The normalized spacial score (nSPS) is 16.2. The summed E-state index contributed by atoms with van der Waals surface area (Å²) in [7, 11) is 0. The molecular weight excluding hydrogens is 557 g/mol. The maximum absolute atomic E-state index is 13.1. The van der Waals surface area contributed by atoms with Crippen LogP contribution < -0.4 is 0 Å². The molecule has 0 atom stereocenters. The second-order valence-electron chi connectivity index (χ2n) is 5.74. The first-order chi connectivity index (χ1) is 14.4. The van der Waals surface area contributed by atoms with Gasteiger partial charge >= 0.3 is 48.6 Å². The van der Waals surface area contributed by atoms with E-state index in [4.69, 9.17) is 5.11 Å². The van der Waals surface area contributed by atoms with Gasteiger partial charge in [0.2, 0.25) is 0 Å². The molecule has 0 heterocycles. The van der Waals surface area contributed by atoms with Crippen LogP contribution in [0.1, 0.15) is 0 Å². The van der Waals surface area contributed by atoms with Crippen LogP contribution in [0.25, 0.3) is 0 Å². The van der Waals surface area contributed by atoms with Gasteiger partial charge in [-0.3, -0.25) is 0 Å². The topological polar surface area (TPSA) is 47.9 Å². The van der Waals surface area contributed by atoms with E-state index >= 15 is 0 Å². The lowest BCUT2D eigenvalue weighted by atomic mass is 10.1. The molecule has 0 spiro atoms. The Kier molecular flexibility index (Phi) is 8.48.